The van der Waals surface area contributed by atoms with Crippen LogP contribution in [0.25, 0.3) is 0 Å². The Labute approximate surface area is 269 Å². The Morgan fingerprint density at radius 2 is 1.78 bits per heavy atom. The number of hydrogen-bond donors (Lipinski definition) is 1. The summed E-state index contributed by atoms with van der Waals surface area (Å²) in [5.41, 5.74) is -0.402. The van der Waals surface area contributed by atoms with Crippen molar-refractivity contribution >= 4 is 29.2 Å². The minimum Gasteiger partial charge on any atom is -0.465 e. The minimum atomic E-state index is -1.21. The predicted octanol–water partition coefficient (Wildman–Crippen LogP) is 5.12. The Morgan fingerprint density at radius 3 is 2.36 bits per heavy atom. The minimum absolute atomic E-state index is 0.0891. The van der Waals surface area contributed by atoms with Crippen molar-refractivity contribution in [2.75, 3.05) is 42.6 Å². The molecule has 0 aliphatic carbocycles. The molecule has 3 aliphatic heterocycles. The molecule has 9 heteroatoms. The first kappa shape index (κ1) is 34.7. The van der Waals surface area contributed by atoms with Crippen LogP contribution in [0.2, 0.25) is 0 Å². The lowest BCUT2D eigenvalue weighted by molar-refractivity contribution is -0.161. The highest BCUT2D eigenvalue weighted by Crippen LogP contribution is 2.64. The summed E-state index contributed by atoms with van der Waals surface area (Å²) in [6, 6.07) is 6.21. The first-order chi connectivity index (χ1) is 21.6. The van der Waals surface area contributed by atoms with Gasteiger partial charge >= 0.3 is 5.97 Å². The van der Waals surface area contributed by atoms with Crippen molar-refractivity contribution in [3.05, 3.63) is 49.6 Å². The molecule has 0 radical (unpaired) electrons. The molecule has 1 N–H and O–H groups in total. The largest absolute Gasteiger partial charge is 0.465 e. The number of fused-ring (bicyclic) bond motifs is 1. The predicted molar refractivity (Wildman–Crippen MR) is 177 cm³/mol. The molecule has 3 heterocycles. The van der Waals surface area contributed by atoms with Crippen LogP contribution in [-0.4, -0.2) is 83.9 Å². The lowest BCUT2D eigenvalue weighted by atomic mass is 9.66. The number of nitrogens with zero attached hydrogens (tertiary/aromatic N) is 3. The summed E-state index contributed by atoms with van der Waals surface area (Å²) in [6.07, 6.45) is 7.58. The van der Waals surface area contributed by atoms with Gasteiger partial charge in [-0.1, -0.05) is 32.4 Å². The van der Waals surface area contributed by atoms with Crippen molar-refractivity contribution in [2.24, 2.45) is 17.8 Å². The molecule has 0 saturated carbocycles. The van der Waals surface area contributed by atoms with Crippen molar-refractivity contribution in [1.82, 2.24) is 4.90 Å². The van der Waals surface area contributed by atoms with Crippen molar-refractivity contribution in [2.45, 2.75) is 96.4 Å². The van der Waals surface area contributed by atoms with E-state index in [0.717, 1.165) is 31.6 Å². The van der Waals surface area contributed by atoms with Gasteiger partial charge in [-0.05, 0) is 83.1 Å². The molecule has 7 atom stereocenters. The lowest BCUT2D eigenvalue weighted by Gasteiger charge is -2.41. The van der Waals surface area contributed by atoms with Gasteiger partial charge in [-0.3, -0.25) is 14.4 Å². The van der Waals surface area contributed by atoms with E-state index in [1.165, 1.54) is 0 Å². The third-order valence-electron chi connectivity index (χ3n) is 10.5. The van der Waals surface area contributed by atoms with Crippen LogP contribution in [-0.2, 0) is 23.9 Å². The number of anilines is 2. The molecule has 4 rings (SSSR count). The van der Waals surface area contributed by atoms with Crippen molar-refractivity contribution in [1.29, 1.82) is 0 Å². The summed E-state index contributed by atoms with van der Waals surface area (Å²) in [4.78, 5) is 48.7. The van der Waals surface area contributed by atoms with Gasteiger partial charge in [0.2, 0.25) is 5.91 Å². The number of allylic oxidation sites excluding steroid dienone is 1. The summed E-state index contributed by atoms with van der Waals surface area (Å²) in [5.74, 6) is -2.88. The van der Waals surface area contributed by atoms with Gasteiger partial charge in [0.05, 0.1) is 30.8 Å². The molecule has 1 aromatic rings. The Bertz CT molecular complexity index is 1230. The van der Waals surface area contributed by atoms with Gasteiger partial charge in [0.15, 0.2) is 0 Å². The Balaban J connectivity index is 1.76. The van der Waals surface area contributed by atoms with E-state index < -0.39 is 41.1 Å². The van der Waals surface area contributed by atoms with Crippen LogP contribution >= 0.6 is 0 Å². The van der Waals surface area contributed by atoms with E-state index in [4.69, 9.17) is 9.47 Å². The number of benzene rings is 1. The van der Waals surface area contributed by atoms with E-state index in [1.807, 2.05) is 51.1 Å². The molecule has 2 unspecified atom stereocenters. The van der Waals surface area contributed by atoms with Gasteiger partial charge in [-0.2, -0.15) is 0 Å². The maximum absolute atomic E-state index is 14.9. The fourth-order valence-corrected chi connectivity index (χ4v) is 7.86. The standard InChI is InChI=1S/C36H53N3O6/c1-8-13-14-15-23-44-34(43)30-29-32(41)39(28(24-40)25(6)10-3)31(36(29)21-20-35(30,7)45-36)33(42)38(22-9-2)27-18-16-26(17-19-27)37(11-4)12-5/h8-9,16-19,25,28-31,40H,1-2,10-15,20-24H2,3-7H3/t25-,28-,29-,30+,31?,35-,36?/m0/s1. The Kier molecular flexibility index (Phi) is 11.2. The maximum atomic E-state index is 14.9. The number of carbonyl (C=O) groups excluding carboxylic acids is 3. The molecule has 2 amide bonds. The second kappa shape index (κ2) is 14.5. The second-order valence-electron chi connectivity index (χ2n) is 13.0. The highest BCUT2D eigenvalue weighted by atomic mass is 16.6. The summed E-state index contributed by atoms with van der Waals surface area (Å²) >= 11 is 0. The van der Waals surface area contributed by atoms with Crippen molar-refractivity contribution in [3.63, 3.8) is 0 Å². The number of likely N-dealkylation sites (tertiary alicyclic amines) is 1. The number of aliphatic hydroxyl groups is 1. The van der Waals surface area contributed by atoms with Gasteiger partial charge in [-0.25, -0.2) is 0 Å². The molecule has 1 aromatic carbocycles. The van der Waals surface area contributed by atoms with Gasteiger partial charge in [0.25, 0.3) is 5.91 Å². The fourth-order valence-electron chi connectivity index (χ4n) is 7.86. The number of esters is 1. The number of aliphatic hydroxyl groups excluding tert-OH is 1. The van der Waals surface area contributed by atoms with Gasteiger partial charge in [0, 0.05) is 31.0 Å². The third kappa shape index (κ3) is 6.18. The van der Waals surface area contributed by atoms with E-state index in [0.29, 0.717) is 31.4 Å². The smallest absolute Gasteiger partial charge is 0.312 e. The first-order valence-corrected chi connectivity index (χ1v) is 16.8. The number of amides is 2. The van der Waals surface area contributed by atoms with Crippen LogP contribution in [0.1, 0.15) is 73.1 Å². The van der Waals surface area contributed by atoms with E-state index in [2.05, 4.69) is 31.9 Å². The molecule has 9 nitrogen and oxygen atoms in total. The molecule has 248 valence electrons. The zero-order valence-corrected chi connectivity index (χ0v) is 27.9. The molecule has 3 fully saturated rings. The van der Waals surface area contributed by atoms with Gasteiger partial charge in [-0.15, -0.1) is 13.2 Å². The number of carbonyl (C=O) groups is 3. The highest BCUT2D eigenvalue weighted by molar-refractivity contribution is 6.05. The quantitative estimate of drug-likeness (QED) is 0.146. The normalized spacial score (nSPS) is 28.0. The third-order valence-corrected chi connectivity index (χ3v) is 10.5. The summed E-state index contributed by atoms with van der Waals surface area (Å²) in [5, 5.41) is 10.7. The van der Waals surface area contributed by atoms with E-state index in [-0.39, 0.29) is 37.5 Å². The molecular weight excluding hydrogens is 570 g/mol. The number of ether oxygens (including phenoxy) is 2. The van der Waals surface area contributed by atoms with Crippen LogP contribution in [0.3, 0.4) is 0 Å². The van der Waals surface area contributed by atoms with Crippen LogP contribution in [0.15, 0.2) is 49.6 Å². The van der Waals surface area contributed by atoms with Gasteiger partial charge in [0.1, 0.15) is 17.6 Å². The summed E-state index contributed by atoms with van der Waals surface area (Å²) in [6.45, 7) is 19.6. The number of unbranched alkanes of at least 4 members (excludes halogenated alkanes) is 2. The molecular formula is C36H53N3O6. The second-order valence-corrected chi connectivity index (χ2v) is 13.0. The van der Waals surface area contributed by atoms with Gasteiger partial charge < -0.3 is 29.3 Å². The van der Waals surface area contributed by atoms with Crippen molar-refractivity contribution in [3.8, 4) is 0 Å². The maximum Gasteiger partial charge on any atom is 0.312 e. The Morgan fingerprint density at radius 1 is 1.11 bits per heavy atom. The number of hydrogen-bond acceptors (Lipinski definition) is 7. The van der Waals surface area contributed by atoms with Crippen LogP contribution in [0.5, 0.6) is 0 Å². The lowest BCUT2D eigenvalue weighted by Crippen LogP contribution is -2.60. The molecule has 2 bridgehead atoms. The van der Waals surface area contributed by atoms with E-state index in [9.17, 15) is 19.5 Å². The van der Waals surface area contributed by atoms with Crippen LogP contribution < -0.4 is 9.80 Å². The van der Waals surface area contributed by atoms with E-state index >= 15 is 0 Å². The highest BCUT2D eigenvalue weighted by Gasteiger charge is 2.79. The molecule has 1 spiro atoms. The SMILES string of the molecule is C=CCCCCOC(=O)[C@H]1[C@H]2C(=O)N([C@@H](CO)[C@@H](C)CC)C(C(=O)N(CC=C)c3ccc(N(CC)CC)cc3)C23CC[C@]1(C)O3. The topological polar surface area (TPSA) is 99.6 Å². The molecule has 3 saturated heterocycles. The zero-order chi connectivity index (χ0) is 32.9. The molecule has 0 aromatic heterocycles. The zero-order valence-electron chi connectivity index (χ0n) is 27.9. The molecule has 45 heavy (non-hydrogen) atoms. The first-order valence-electron chi connectivity index (χ1n) is 16.8. The fraction of sp³-hybridized carbons (Fsp3) is 0.639. The number of rotatable bonds is 17. The summed E-state index contributed by atoms with van der Waals surface area (Å²) < 4.78 is 12.5. The average molecular weight is 624 g/mol. The monoisotopic (exact) mass is 623 g/mol. The average Bonchev–Trinajstić information content (AvgIpc) is 3.61. The van der Waals surface area contributed by atoms with Crippen LogP contribution in [0, 0.1) is 17.8 Å². The molecule has 3 aliphatic rings. The summed E-state index contributed by atoms with van der Waals surface area (Å²) in [7, 11) is 0. The Hall–Kier alpha value is -3.17. The van der Waals surface area contributed by atoms with Crippen LogP contribution in [0.4, 0.5) is 11.4 Å². The van der Waals surface area contributed by atoms with Crippen molar-refractivity contribution < 1.29 is 29.0 Å². The van der Waals surface area contributed by atoms with E-state index in [1.54, 1.807) is 15.9 Å².